The summed E-state index contributed by atoms with van der Waals surface area (Å²) < 4.78 is 11.4. The quantitative estimate of drug-likeness (QED) is 0.157. The summed E-state index contributed by atoms with van der Waals surface area (Å²) in [7, 11) is 0. The number of aliphatic carboxylic acids is 2. The molecule has 0 radical (unpaired) electrons. The molecule has 0 aromatic rings. The second-order valence-corrected chi connectivity index (χ2v) is 11.9. The molecule has 4 fully saturated rings. The van der Waals surface area contributed by atoms with Crippen molar-refractivity contribution < 1.29 is 29.3 Å². The topological polar surface area (TPSA) is 142 Å². The summed E-state index contributed by atoms with van der Waals surface area (Å²) in [5, 5.41) is 21.8. The number of aliphatic imine (C=N–C) groups is 2. The molecule has 0 spiro atoms. The van der Waals surface area contributed by atoms with E-state index in [2.05, 4.69) is 10.6 Å². The van der Waals surface area contributed by atoms with Crippen molar-refractivity contribution in [1.29, 1.82) is 0 Å². The molecule has 0 unspecified atom stereocenters. The zero-order chi connectivity index (χ0) is 30.4. The Kier molecular flexibility index (Phi) is 18.8. The highest BCUT2D eigenvalue weighted by Gasteiger charge is 2.19. The molecule has 4 rings (SSSR count). The van der Waals surface area contributed by atoms with Crippen LogP contribution in [0.25, 0.3) is 0 Å². The number of carboxylic acid groups (broad SMARTS) is 2. The number of nitrogens with zero attached hydrogens (tertiary/aromatic N) is 2. The van der Waals surface area contributed by atoms with Gasteiger partial charge in [0.1, 0.15) is 0 Å². The van der Waals surface area contributed by atoms with Crippen molar-refractivity contribution in [2.75, 3.05) is 13.2 Å². The highest BCUT2D eigenvalue weighted by atomic mass is 16.5. The fourth-order valence-electron chi connectivity index (χ4n) is 6.10. The molecule has 0 atom stereocenters. The van der Waals surface area contributed by atoms with Crippen molar-refractivity contribution in [3.8, 4) is 0 Å². The molecule has 42 heavy (non-hydrogen) atoms. The van der Waals surface area contributed by atoms with Crippen molar-refractivity contribution in [2.24, 2.45) is 9.98 Å². The summed E-state index contributed by atoms with van der Waals surface area (Å²) in [6, 6.07) is 3.81. The van der Waals surface area contributed by atoms with Gasteiger partial charge in [-0.2, -0.15) is 0 Å². The minimum absolute atomic E-state index is 0.497. The summed E-state index contributed by atoms with van der Waals surface area (Å²) in [6.07, 6.45) is 26.3. The number of hydrogen-bond acceptors (Lipinski definition) is 6. The van der Waals surface area contributed by atoms with Crippen LogP contribution in [-0.2, 0) is 19.1 Å². The van der Waals surface area contributed by atoms with Crippen LogP contribution >= 0.6 is 0 Å². The Hall–Kier alpha value is -2.52. The van der Waals surface area contributed by atoms with Gasteiger partial charge < -0.3 is 30.3 Å². The monoisotopic (exact) mass is 594 g/mol. The average Bonchev–Trinajstić information content (AvgIpc) is 3.00. The Labute approximate surface area is 253 Å². The van der Waals surface area contributed by atoms with Crippen LogP contribution < -0.4 is 10.6 Å². The van der Waals surface area contributed by atoms with E-state index in [9.17, 15) is 0 Å². The number of carbonyl (C=O) groups is 2. The lowest BCUT2D eigenvalue weighted by molar-refractivity contribution is -0.159. The Bertz CT molecular complexity index is 731. The van der Waals surface area contributed by atoms with Crippen LogP contribution in [0.4, 0.5) is 0 Å². The van der Waals surface area contributed by atoms with E-state index >= 15 is 0 Å². The Morgan fingerprint density at radius 1 is 0.548 bits per heavy atom. The van der Waals surface area contributed by atoms with Gasteiger partial charge in [-0.25, -0.2) is 19.6 Å². The van der Waals surface area contributed by atoms with Crippen LogP contribution in [0.5, 0.6) is 0 Å². The maximum absolute atomic E-state index is 9.10. The summed E-state index contributed by atoms with van der Waals surface area (Å²) >= 11 is 0. The summed E-state index contributed by atoms with van der Waals surface area (Å²) in [5.41, 5.74) is 0. The van der Waals surface area contributed by atoms with E-state index in [1.807, 2.05) is 13.8 Å². The highest BCUT2D eigenvalue weighted by Crippen LogP contribution is 2.23. The van der Waals surface area contributed by atoms with E-state index in [1.54, 1.807) is 0 Å². The normalized spacial score (nSPS) is 21.6. The van der Waals surface area contributed by atoms with E-state index in [0.717, 1.165) is 12.0 Å². The van der Waals surface area contributed by atoms with Crippen LogP contribution in [0, 0.1) is 0 Å². The number of amidine groups is 2. The number of hydrogen-bond donors (Lipinski definition) is 4. The molecule has 242 valence electrons. The van der Waals surface area contributed by atoms with E-state index in [0.29, 0.717) is 37.4 Å². The largest absolute Gasteiger partial charge is 0.473 e. The van der Waals surface area contributed by atoms with Gasteiger partial charge in [0.25, 0.3) is 12.0 Å². The second-order valence-electron chi connectivity index (χ2n) is 11.9. The second kappa shape index (κ2) is 22.1. The van der Waals surface area contributed by atoms with Crippen LogP contribution in [0.3, 0.4) is 0 Å². The minimum Gasteiger partial charge on any atom is -0.473 e. The molecule has 4 aliphatic carbocycles. The van der Waals surface area contributed by atoms with Crippen molar-refractivity contribution in [3.63, 3.8) is 0 Å². The molecule has 0 heterocycles. The lowest BCUT2D eigenvalue weighted by atomic mass is 9.95. The Morgan fingerprint density at radius 3 is 1.10 bits per heavy atom. The fourth-order valence-corrected chi connectivity index (χ4v) is 6.10. The molecule has 10 heteroatoms. The van der Waals surface area contributed by atoms with E-state index < -0.39 is 11.9 Å². The number of carboxylic acids is 2. The van der Waals surface area contributed by atoms with Gasteiger partial charge >= 0.3 is 11.9 Å². The average molecular weight is 595 g/mol. The number of ether oxygens (including phenoxy) is 2. The molecule has 4 saturated carbocycles. The first-order valence-corrected chi connectivity index (χ1v) is 16.8. The van der Waals surface area contributed by atoms with Gasteiger partial charge in [-0.05, 0) is 65.2 Å². The third-order valence-electron chi connectivity index (χ3n) is 8.36. The van der Waals surface area contributed by atoms with Crippen LogP contribution in [0.15, 0.2) is 9.98 Å². The van der Waals surface area contributed by atoms with E-state index in [-0.39, 0.29) is 0 Å². The lowest BCUT2D eigenvalue weighted by Crippen LogP contribution is -2.38. The molecule has 0 saturated heterocycles. The third kappa shape index (κ3) is 16.2. The summed E-state index contributed by atoms with van der Waals surface area (Å²) in [4.78, 5) is 27.8. The van der Waals surface area contributed by atoms with Crippen molar-refractivity contribution in [3.05, 3.63) is 0 Å². The number of nitrogens with one attached hydrogen (secondary N) is 2. The molecule has 0 aromatic heterocycles. The smallest absolute Gasteiger partial charge is 0.414 e. The van der Waals surface area contributed by atoms with Gasteiger partial charge in [-0.3, -0.25) is 0 Å². The highest BCUT2D eigenvalue weighted by molar-refractivity contribution is 6.27. The summed E-state index contributed by atoms with van der Waals surface area (Å²) in [5.74, 6) is -3.65. The maximum atomic E-state index is 9.10. The van der Waals surface area contributed by atoms with Gasteiger partial charge in [0.05, 0.1) is 25.3 Å². The Morgan fingerprint density at radius 2 is 0.833 bits per heavy atom. The molecular formula is C32H58N4O6. The van der Waals surface area contributed by atoms with Crippen LogP contribution in [0.2, 0.25) is 0 Å². The molecule has 0 aliphatic heterocycles. The molecular weight excluding hydrogens is 536 g/mol. The minimum atomic E-state index is -1.82. The standard InChI is InChI=1S/2C15H28N2O.C2H2O4/c2*1-2-18-15(16-13-9-5-3-6-10-13)17-14-11-7-4-8-12-14;3-1(4)2(5)6/h2*13-14H,2-12H2,1H3,(H,16,17);(H,3,4)(H,5,6). The number of rotatable bonds is 6. The van der Waals surface area contributed by atoms with Crippen LogP contribution in [-0.4, -0.2) is 71.6 Å². The van der Waals surface area contributed by atoms with Gasteiger partial charge in [-0.1, -0.05) is 77.0 Å². The van der Waals surface area contributed by atoms with Crippen molar-refractivity contribution in [1.82, 2.24) is 10.6 Å². The first kappa shape index (κ1) is 35.7. The van der Waals surface area contributed by atoms with E-state index in [4.69, 9.17) is 39.3 Å². The third-order valence-corrected chi connectivity index (χ3v) is 8.36. The molecule has 0 aromatic carbocycles. The molecule has 0 amide bonds. The van der Waals surface area contributed by atoms with Crippen LogP contribution in [0.1, 0.15) is 142 Å². The first-order valence-electron chi connectivity index (χ1n) is 16.8. The van der Waals surface area contributed by atoms with Gasteiger partial charge in [0.2, 0.25) is 0 Å². The zero-order valence-electron chi connectivity index (χ0n) is 26.3. The van der Waals surface area contributed by atoms with Gasteiger partial charge in [-0.15, -0.1) is 0 Å². The first-order chi connectivity index (χ1) is 20.4. The molecule has 0 bridgehead atoms. The molecule has 10 nitrogen and oxygen atoms in total. The fraction of sp³-hybridized carbons (Fsp3) is 0.875. The van der Waals surface area contributed by atoms with Crippen molar-refractivity contribution in [2.45, 2.75) is 166 Å². The maximum Gasteiger partial charge on any atom is 0.414 e. The van der Waals surface area contributed by atoms with Gasteiger partial charge in [0, 0.05) is 12.1 Å². The summed E-state index contributed by atoms with van der Waals surface area (Å²) in [6.45, 7) is 5.51. The zero-order valence-corrected chi connectivity index (χ0v) is 26.3. The molecule has 4 aliphatic rings. The Balaban J connectivity index is 0.000000247. The van der Waals surface area contributed by atoms with E-state index in [1.165, 1.54) is 128 Å². The van der Waals surface area contributed by atoms with Gasteiger partial charge in [0.15, 0.2) is 0 Å². The predicted molar refractivity (Wildman–Crippen MR) is 167 cm³/mol. The molecule has 4 N–H and O–H groups in total. The van der Waals surface area contributed by atoms with Crippen molar-refractivity contribution >= 4 is 24.0 Å². The lowest BCUT2D eigenvalue weighted by Gasteiger charge is -2.25. The predicted octanol–water partition coefficient (Wildman–Crippen LogP) is 6.42. The SMILES string of the molecule is CCOC(=NC1CCCCC1)NC1CCCCC1.CCOC(=NC1CCCCC1)NC1CCCCC1.O=C(O)C(=O)O.